The van der Waals surface area contributed by atoms with Crippen molar-refractivity contribution in [3.8, 4) is 11.3 Å². The van der Waals surface area contributed by atoms with E-state index in [0.29, 0.717) is 18.8 Å². The fraction of sp³-hybridized carbons (Fsp3) is 0.391. The topological polar surface area (TPSA) is 65.4 Å². The van der Waals surface area contributed by atoms with Crippen LogP contribution in [0.2, 0.25) is 0 Å². The van der Waals surface area contributed by atoms with E-state index in [1.54, 1.807) is 0 Å². The van der Waals surface area contributed by atoms with Gasteiger partial charge in [-0.25, -0.2) is 0 Å². The zero-order valence-electron chi connectivity index (χ0n) is 17.2. The molecule has 1 aromatic carbocycles. The van der Waals surface area contributed by atoms with Gasteiger partial charge in [0.1, 0.15) is 5.76 Å². The molecule has 1 amide bonds. The lowest BCUT2D eigenvalue weighted by Gasteiger charge is -2.41. The molecule has 6 heteroatoms. The average molecular weight is 390 g/mol. The van der Waals surface area contributed by atoms with E-state index in [-0.39, 0.29) is 11.9 Å². The Morgan fingerprint density at radius 1 is 1.24 bits per heavy atom. The maximum Gasteiger partial charge on any atom is 0.290 e. The number of carbonyl (C=O) groups is 1. The smallest absolute Gasteiger partial charge is 0.290 e. The van der Waals surface area contributed by atoms with E-state index in [0.717, 1.165) is 42.0 Å². The van der Waals surface area contributed by atoms with Crippen LogP contribution in [0, 0.1) is 13.8 Å². The summed E-state index contributed by atoms with van der Waals surface area (Å²) in [6.45, 7) is 8.47. The summed E-state index contributed by atoms with van der Waals surface area (Å²) in [5.41, 5.74) is 6.62. The number of rotatable bonds is 2. The van der Waals surface area contributed by atoms with Gasteiger partial charge in [0.25, 0.3) is 5.91 Å². The van der Waals surface area contributed by atoms with Crippen molar-refractivity contribution in [2.75, 3.05) is 24.5 Å². The molecule has 6 nitrogen and oxygen atoms in total. The molecule has 150 valence electrons. The lowest BCUT2D eigenvalue weighted by molar-refractivity contribution is 0.0691. The SMILES string of the molecule is Cc1cccc(N2CCN(C(=O)c3oc4c(c3C)-c3[nH]ncc3CC4)CC2C)c1. The molecular weight excluding hydrogens is 364 g/mol. The number of H-pyrrole nitrogens is 1. The molecule has 5 rings (SSSR count). The van der Waals surface area contributed by atoms with Gasteiger partial charge in [-0.2, -0.15) is 5.10 Å². The highest BCUT2D eigenvalue weighted by molar-refractivity contribution is 5.95. The number of aryl methyl sites for hydroxylation is 3. The Balaban J connectivity index is 1.38. The molecule has 29 heavy (non-hydrogen) atoms. The van der Waals surface area contributed by atoms with E-state index >= 15 is 0 Å². The van der Waals surface area contributed by atoms with E-state index in [4.69, 9.17) is 4.42 Å². The standard InChI is InChI=1S/C23H26N4O2/c1-14-5-4-6-18(11-14)27-10-9-26(13-15(27)2)23(28)22-16(3)20-19(29-22)8-7-17-12-24-25-21(17)20/h4-6,11-12,15H,7-10,13H2,1-3H3,(H,24,25). The van der Waals surface area contributed by atoms with Crippen molar-refractivity contribution in [1.29, 1.82) is 0 Å². The highest BCUT2D eigenvalue weighted by Crippen LogP contribution is 2.38. The number of furan rings is 1. The Bertz CT molecular complexity index is 1080. The molecule has 3 aromatic rings. The van der Waals surface area contributed by atoms with Gasteiger partial charge in [0.05, 0.1) is 11.9 Å². The first kappa shape index (κ1) is 18.0. The number of fused-ring (bicyclic) bond motifs is 3. The van der Waals surface area contributed by atoms with E-state index in [9.17, 15) is 4.79 Å². The summed E-state index contributed by atoms with van der Waals surface area (Å²) < 4.78 is 6.09. The maximum absolute atomic E-state index is 13.3. The van der Waals surface area contributed by atoms with Crippen LogP contribution in [0.15, 0.2) is 34.9 Å². The number of nitrogens with one attached hydrogen (secondary N) is 1. The van der Waals surface area contributed by atoms with Gasteiger partial charge in [0.15, 0.2) is 5.76 Å². The van der Waals surface area contributed by atoms with Crippen LogP contribution < -0.4 is 4.90 Å². The Morgan fingerprint density at radius 3 is 2.90 bits per heavy atom. The molecule has 0 bridgehead atoms. The molecule has 0 saturated carbocycles. The number of aromatic nitrogens is 2. The van der Waals surface area contributed by atoms with Crippen LogP contribution in [0.5, 0.6) is 0 Å². The molecule has 1 aliphatic carbocycles. The zero-order chi connectivity index (χ0) is 20.1. The lowest BCUT2D eigenvalue weighted by atomic mass is 9.93. The maximum atomic E-state index is 13.3. The summed E-state index contributed by atoms with van der Waals surface area (Å²) in [5.74, 6) is 1.37. The third-order valence-corrected chi connectivity index (χ3v) is 6.25. The molecule has 1 unspecified atom stereocenters. The van der Waals surface area contributed by atoms with Gasteiger partial charge in [-0.3, -0.25) is 9.89 Å². The second-order valence-electron chi connectivity index (χ2n) is 8.26. The Morgan fingerprint density at radius 2 is 2.10 bits per heavy atom. The molecule has 0 spiro atoms. The van der Waals surface area contributed by atoms with Crippen molar-refractivity contribution in [2.24, 2.45) is 0 Å². The van der Waals surface area contributed by atoms with Crippen LogP contribution in [-0.4, -0.2) is 46.7 Å². The second kappa shape index (κ2) is 6.79. The molecule has 1 atom stereocenters. The number of hydrogen-bond acceptors (Lipinski definition) is 4. The van der Waals surface area contributed by atoms with E-state index in [1.165, 1.54) is 16.8 Å². The molecule has 1 aliphatic heterocycles. The van der Waals surface area contributed by atoms with Crippen LogP contribution in [0.3, 0.4) is 0 Å². The second-order valence-corrected chi connectivity index (χ2v) is 8.26. The average Bonchev–Trinajstić information content (AvgIpc) is 3.31. The zero-order valence-corrected chi connectivity index (χ0v) is 17.2. The number of benzene rings is 1. The summed E-state index contributed by atoms with van der Waals surface area (Å²) in [4.78, 5) is 17.6. The first-order chi connectivity index (χ1) is 14.0. The van der Waals surface area contributed by atoms with Crippen molar-refractivity contribution in [3.05, 3.63) is 58.7 Å². The number of piperazine rings is 1. The quantitative estimate of drug-likeness (QED) is 0.724. The van der Waals surface area contributed by atoms with Crippen molar-refractivity contribution in [1.82, 2.24) is 15.1 Å². The third kappa shape index (κ3) is 2.94. The molecular formula is C23H26N4O2. The van der Waals surface area contributed by atoms with Crippen molar-refractivity contribution >= 4 is 11.6 Å². The molecule has 1 fully saturated rings. The number of carbonyl (C=O) groups excluding carboxylic acids is 1. The van der Waals surface area contributed by atoms with Crippen molar-refractivity contribution < 1.29 is 9.21 Å². The highest BCUT2D eigenvalue weighted by atomic mass is 16.4. The lowest BCUT2D eigenvalue weighted by Crippen LogP contribution is -2.53. The van der Waals surface area contributed by atoms with Crippen LogP contribution in [0.1, 0.15) is 39.9 Å². The minimum Gasteiger partial charge on any atom is -0.455 e. The summed E-state index contributed by atoms with van der Waals surface area (Å²) in [7, 11) is 0. The molecule has 1 saturated heterocycles. The Kier molecular flexibility index (Phi) is 4.23. The number of anilines is 1. The third-order valence-electron chi connectivity index (χ3n) is 6.25. The number of hydrogen-bond donors (Lipinski definition) is 1. The first-order valence-electron chi connectivity index (χ1n) is 10.3. The van der Waals surface area contributed by atoms with Gasteiger partial charge in [0.2, 0.25) is 0 Å². The number of nitrogens with zero attached hydrogens (tertiary/aromatic N) is 3. The van der Waals surface area contributed by atoms with Crippen LogP contribution >= 0.6 is 0 Å². The van der Waals surface area contributed by atoms with Gasteiger partial charge in [-0.05, 0) is 50.5 Å². The van der Waals surface area contributed by atoms with Gasteiger partial charge >= 0.3 is 0 Å². The van der Waals surface area contributed by atoms with Crippen molar-refractivity contribution in [3.63, 3.8) is 0 Å². The summed E-state index contributed by atoms with van der Waals surface area (Å²) >= 11 is 0. The predicted octanol–water partition coefficient (Wildman–Crippen LogP) is 3.74. The Labute approximate surface area is 170 Å². The van der Waals surface area contributed by atoms with E-state index in [2.05, 4.69) is 53.2 Å². The molecule has 1 N–H and O–H groups in total. The van der Waals surface area contributed by atoms with Gasteiger partial charge < -0.3 is 14.2 Å². The van der Waals surface area contributed by atoms with Crippen LogP contribution in [0.25, 0.3) is 11.3 Å². The predicted molar refractivity (Wildman–Crippen MR) is 112 cm³/mol. The van der Waals surface area contributed by atoms with Gasteiger partial charge in [-0.15, -0.1) is 0 Å². The van der Waals surface area contributed by atoms with Crippen LogP contribution in [0.4, 0.5) is 5.69 Å². The molecule has 0 radical (unpaired) electrons. The minimum absolute atomic E-state index is 0.00583. The molecule has 2 aliphatic rings. The fourth-order valence-corrected chi connectivity index (χ4v) is 4.72. The summed E-state index contributed by atoms with van der Waals surface area (Å²) in [6.07, 6.45) is 3.58. The number of amides is 1. The first-order valence-corrected chi connectivity index (χ1v) is 10.3. The largest absolute Gasteiger partial charge is 0.455 e. The van der Waals surface area contributed by atoms with Gasteiger partial charge in [0, 0.05) is 48.9 Å². The summed E-state index contributed by atoms with van der Waals surface area (Å²) in [5, 5.41) is 7.25. The highest BCUT2D eigenvalue weighted by Gasteiger charge is 2.33. The molecule has 3 heterocycles. The van der Waals surface area contributed by atoms with E-state index in [1.807, 2.05) is 18.0 Å². The van der Waals surface area contributed by atoms with Gasteiger partial charge in [-0.1, -0.05) is 12.1 Å². The monoisotopic (exact) mass is 390 g/mol. The molecule has 2 aromatic heterocycles. The van der Waals surface area contributed by atoms with E-state index < -0.39 is 0 Å². The van der Waals surface area contributed by atoms with Crippen LogP contribution in [-0.2, 0) is 12.8 Å². The Hall–Kier alpha value is -3.02. The summed E-state index contributed by atoms with van der Waals surface area (Å²) in [6, 6.07) is 8.81. The fourth-order valence-electron chi connectivity index (χ4n) is 4.72. The normalized spacial score (nSPS) is 18.5. The van der Waals surface area contributed by atoms with Crippen molar-refractivity contribution in [2.45, 2.75) is 39.7 Å². The number of aromatic amines is 1. The minimum atomic E-state index is -0.00583.